The van der Waals surface area contributed by atoms with Gasteiger partial charge in [-0.2, -0.15) is 13.2 Å². The smallest absolute Gasteiger partial charge is 0.480 e. The lowest BCUT2D eigenvalue weighted by atomic mass is 10.0. The van der Waals surface area contributed by atoms with E-state index >= 15 is 0 Å². The molecule has 0 aliphatic heterocycles. The quantitative estimate of drug-likeness (QED) is 0.650. The van der Waals surface area contributed by atoms with E-state index in [1.54, 1.807) is 19.2 Å². The summed E-state index contributed by atoms with van der Waals surface area (Å²) in [6, 6.07) is -2.90. The average Bonchev–Trinajstić information content (AvgIpc) is 1.97. The monoisotopic (exact) mass is 242 g/mol. The van der Waals surface area contributed by atoms with Crippen LogP contribution in [0.4, 0.5) is 18.0 Å². The van der Waals surface area contributed by atoms with Crippen LogP contribution in [0.5, 0.6) is 0 Å². The first-order valence-electron chi connectivity index (χ1n) is 4.50. The Morgan fingerprint density at radius 1 is 1.31 bits per heavy atom. The molecule has 0 spiro atoms. The summed E-state index contributed by atoms with van der Waals surface area (Å²) in [7, 11) is 0. The highest BCUT2D eigenvalue weighted by Crippen LogP contribution is 2.09. The van der Waals surface area contributed by atoms with Crippen molar-refractivity contribution in [1.29, 1.82) is 0 Å². The second-order valence-corrected chi connectivity index (χ2v) is 3.62. The number of hydrogen-bond donors (Lipinski definition) is 3. The van der Waals surface area contributed by atoms with Crippen molar-refractivity contribution < 1.29 is 27.9 Å². The van der Waals surface area contributed by atoms with Gasteiger partial charge in [0, 0.05) is 0 Å². The summed E-state index contributed by atoms with van der Waals surface area (Å²) in [6.07, 6.45) is -4.81. The number of aliphatic carboxylic acids is 1. The maximum atomic E-state index is 11.7. The Bertz CT molecular complexity index is 266. The van der Waals surface area contributed by atoms with Crippen molar-refractivity contribution >= 4 is 12.0 Å². The van der Waals surface area contributed by atoms with E-state index in [1.165, 1.54) is 0 Å². The number of urea groups is 1. The van der Waals surface area contributed by atoms with Gasteiger partial charge in [0.05, 0.1) is 0 Å². The Balaban J connectivity index is 4.30. The Hall–Kier alpha value is -1.47. The molecule has 0 heterocycles. The minimum Gasteiger partial charge on any atom is -0.480 e. The van der Waals surface area contributed by atoms with E-state index in [2.05, 4.69) is 0 Å². The lowest BCUT2D eigenvalue weighted by Gasteiger charge is -2.17. The van der Waals surface area contributed by atoms with E-state index < -0.39 is 24.3 Å². The van der Waals surface area contributed by atoms with E-state index in [4.69, 9.17) is 5.11 Å². The molecule has 94 valence electrons. The molecule has 0 aromatic heterocycles. The van der Waals surface area contributed by atoms with Gasteiger partial charge in [-0.05, 0) is 12.3 Å². The number of carboxylic acid groups (broad SMARTS) is 1. The van der Waals surface area contributed by atoms with Crippen LogP contribution in [0.1, 0.15) is 20.3 Å². The maximum absolute atomic E-state index is 11.7. The molecule has 0 aromatic rings. The zero-order valence-electron chi connectivity index (χ0n) is 8.76. The van der Waals surface area contributed by atoms with E-state index in [-0.39, 0.29) is 12.3 Å². The topological polar surface area (TPSA) is 78.4 Å². The molecule has 3 N–H and O–H groups in total. The predicted molar refractivity (Wildman–Crippen MR) is 48.6 cm³/mol. The fourth-order valence-corrected chi connectivity index (χ4v) is 1.02. The molecular weight excluding hydrogens is 229 g/mol. The van der Waals surface area contributed by atoms with Gasteiger partial charge in [0.15, 0.2) is 0 Å². The molecule has 0 bridgehead atoms. The van der Waals surface area contributed by atoms with Gasteiger partial charge >= 0.3 is 18.3 Å². The predicted octanol–water partition coefficient (Wildman–Crippen LogP) is 1.30. The summed E-state index contributed by atoms with van der Waals surface area (Å²) in [5.41, 5.74) is 0. The standard InChI is InChI=1S/C8H13F3N2O3/c1-4(2)3-5(6(14)15)12-7(16)13-8(9,10)11/h4-5H,3H2,1-2H3,(H,14,15)(H2,12,13,16). The average molecular weight is 242 g/mol. The molecule has 0 fully saturated rings. The van der Waals surface area contributed by atoms with Crippen LogP contribution in [-0.2, 0) is 4.79 Å². The van der Waals surface area contributed by atoms with Crippen LogP contribution >= 0.6 is 0 Å². The number of carboxylic acids is 1. The molecular formula is C8H13F3N2O3. The highest BCUT2D eigenvalue weighted by atomic mass is 19.4. The van der Waals surface area contributed by atoms with Crippen LogP contribution in [0.2, 0.25) is 0 Å². The summed E-state index contributed by atoms with van der Waals surface area (Å²) in [6.45, 7) is 3.39. The zero-order valence-corrected chi connectivity index (χ0v) is 8.76. The summed E-state index contributed by atoms with van der Waals surface area (Å²) in [4.78, 5) is 21.4. The zero-order chi connectivity index (χ0) is 12.9. The molecule has 0 aliphatic carbocycles. The van der Waals surface area contributed by atoms with Crippen LogP contribution in [-0.4, -0.2) is 29.4 Å². The number of nitrogens with one attached hydrogen (secondary N) is 2. The van der Waals surface area contributed by atoms with Crippen molar-refractivity contribution in [2.24, 2.45) is 5.92 Å². The van der Waals surface area contributed by atoms with Crippen molar-refractivity contribution in [2.75, 3.05) is 0 Å². The Labute approximate surface area is 90.0 Å². The normalized spacial score (nSPS) is 13.4. The van der Waals surface area contributed by atoms with Crippen molar-refractivity contribution in [2.45, 2.75) is 32.6 Å². The number of carbonyl (C=O) groups is 2. The molecule has 16 heavy (non-hydrogen) atoms. The molecule has 1 atom stereocenters. The van der Waals surface area contributed by atoms with Crippen molar-refractivity contribution in [3.63, 3.8) is 0 Å². The number of carbonyl (C=O) groups excluding carboxylic acids is 1. The highest BCUT2D eigenvalue weighted by molar-refractivity contribution is 5.82. The van der Waals surface area contributed by atoms with Gasteiger partial charge in [-0.15, -0.1) is 0 Å². The maximum Gasteiger partial charge on any atom is 0.485 e. The number of hydrogen-bond acceptors (Lipinski definition) is 2. The molecule has 0 saturated heterocycles. The largest absolute Gasteiger partial charge is 0.485 e. The van der Waals surface area contributed by atoms with Gasteiger partial charge in [0.2, 0.25) is 0 Å². The third kappa shape index (κ3) is 6.91. The van der Waals surface area contributed by atoms with Crippen molar-refractivity contribution in [3.05, 3.63) is 0 Å². The van der Waals surface area contributed by atoms with E-state index in [0.717, 1.165) is 0 Å². The second kappa shape index (κ2) is 5.57. The fraction of sp³-hybridized carbons (Fsp3) is 0.750. The Morgan fingerprint density at radius 2 is 1.81 bits per heavy atom. The van der Waals surface area contributed by atoms with Crippen LogP contribution in [0.3, 0.4) is 0 Å². The molecule has 1 unspecified atom stereocenters. The lowest BCUT2D eigenvalue weighted by molar-refractivity contribution is -0.147. The number of rotatable bonds is 4. The number of halogens is 3. The van der Waals surface area contributed by atoms with Gasteiger partial charge in [-0.25, -0.2) is 14.9 Å². The molecule has 0 saturated carbocycles. The first-order valence-corrected chi connectivity index (χ1v) is 4.50. The molecule has 2 amide bonds. The van der Waals surface area contributed by atoms with Crippen LogP contribution in [0.15, 0.2) is 0 Å². The van der Waals surface area contributed by atoms with E-state index in [0.29, 0.717) is 5.32 Å². The minimum atomic E-state index is -4.87. The summed E-state index contributed by atoms with van der Waals surface area (Å²) >= 11 is 0. The van der Waals surface area contributed by atoms with Gasteiger partial charge in [-0.3, -0.25) is 0 Å². The molecule has 5 nitrogen and oxygen atoms in total. The highest BCUT2D eigenvalue weighted by Gasteiger charge is 2.31. The summed E-state index contributed by atoms with van der Waals surface area (Å²) in [5, 5.41) is 11.0. The van der Waals surface area contributed by atoms with Gasteiger partial charge < -0.3 is 10.4 Å². The van der Waals surface area contributed by atoms with Crippen LogP contribution in [0.25, 0.3) is 0 Å². The first-order chi connectivity index (χ1) is 7.11. The van der Waals surface area contributed by atoms with Crippen LogP contribution in [0, 0.1) is 5.92 Å². The fourth-order valence-electron chi connectivity index (χ4n) is 1.02. The molecule has 8 heteroatoms. The number of alkyl halides is 3. The van der Waals surface area contributed by atoms with Crippen molar-refractivity contribution in [1.82, 2.24) is 10.6 Å². The first kappa shape index (κ1) is 14.5. The van der Waals surface area contributed by atoms with E-state index in [1.807, 2.05) is 0 Å². The summed E-state index contributed by atoms with van der Waals surface area (Å²) < 4.78 is 35.1. The SMILES string of the molecule is CC(C)CC(NC(=O)NC(F)(F)F)C(=O)O. The van der Waals surface area contributed by atoms with Gasteiger partial charge in [-0.1, -0.05) is 13.8 Å². The third-order valence-electron chi connectivity index (χ3n) is 1.57. The summed E-state index contributed by atoms with van der Waals surface area (Å²) in [5.74, 6) is -1.43. The molecule has 0 aromatic carbocycles. The second-order valence-electron chi connectivity index (χ2n) is 3.62. The number of amides is 2. The molecule has 0 radical (unpaired) electrons. The van der Waals surface area contributed by atoms with Crippen molar-refractivity contribution in [3.8, 4) is 0 Å². The van der Waals surface area contributed by atoms with Gasteiger partial charge in [0.25, 0.3) is 0 Å². The Kier molecular flexibility index (Phi) is 5.06. The lowest BCUT2D eigenvalue weighted by Crippen LogP contribution is -2.50. The third-order valence-corrected chi connectivity index (χ3v) is 1.57. The van der Waals surface area contributed by atoms with Crippen LogP contribution < -0.4 is 10.6 Å². The van der Waals surface area contributed by atoms with Gasteiger partial charge in [0.1, 0.15) is 6.04 Å². The Morgan fingerprint density at radius 3 is 2.12 bits per heavy atom. The molecule has 0 rings (SSSR count). The molecule has 0 aliphatic rings. The van der Waals surface area contributed by atoms with E-state index in [9.17, 15) is 22.8 Å². The minimum absolute atomic E-state index is 0.0562.